The van der Waals surface area contributed by atoms with Crippen LogP contribution in [-0.2, 0) is 4.79 Å². The van der Waals surface area contributed by atoms with Gasteiger partial charge in [0.2, 0.25) is 0 Å². The summed E-state index contributed by atoms with van der Waals surface area (Å²) in [5, 5.41) is 0. The zero-order valence-corrected chi connectivity index (χ0v) is 7.18. The van der Waals surface area contributed by atoms with Gasteiger partial charge in [-0.1, -0.05) is 12.8 Å². The summed E-state index contributed by atoms with van der Waals surface area (Å²) in [5.41, 5.74) is 10.8. The van der Waals surface area contributed by atoms with Gasteiger partial charge in [-0.2, -0.15) is 0 Å². The van der Waals surface area contributed by atoms with Crippen molar-refractivity contribution in [1.29, 1.82) is 0 Å². The Morgan fingerprint density at radius 2 is 2.00 bits per heavy atom. The summed E-state index contributed by atoms with van der Waals surface area (Å²) in [6, 6.07) is -0.257. The molecule has 66 valence electrons. The minimum absolute atomic E-state index is 0.0812. The van der Waals surface area contributed by atoms with Crippen molar-refractivity contribution < 1.29 is 4.79 Å². The van der Waals surface area contributed by atoms with Crippen LogP contribution in [0.2, 0.25) is 0 Å². The molecule has 0 aliphatic rings. The lowest BCUT2D eigenvalue weighted by Gasteiger charge is -2.05. The molecule has 0 rings (SSSR count). The molecule has 0 bridgehead atoms. The van der Waals surface area contributed by atoms with E-state index >= 15 is 0 Å². The van der Waals surface area contributed by atoms with Crippen LogP contribution in [-0.4, -0.2) is 18.4 Å². The SMILES string of the molecule is CC(=O)[C@@H](N)CCCCCN. The van der Waals surface area contributed by atoms with Gasteiger partial charge in [0, 0.05) is 0 Å². The molecule has 0 saturated carbocycles. The Labute approximate surface area is 68.1 Å². The van der Waals surface area contributed by atoms with Crippen molar-refractivity contribution in [2.75, 3.05) is 6.54 Å². The van der Waals surface area contributed by atoms with E-state index in [0.717, 1.165) is 32.2 Å². The van der Waals surface area contributed by atoms with Gasteiger partial charge < -0.3 is 11.5 Å². The van der Waals surface area contributed by atoms with Gasteiger partial charge in [-0.25, -0.2) is 0 Å². The van der Waals surface area contributed by atoms with E-state index in [1.54, 1.807) is 0 Å². The zero-order chi connectivity index (χ0) is 8.69. The second-order valence-electron chi connectivity index (χ2n) is 2.86. The number of rotatable bonds is 6. The highest BCUT2D eigenvalue weighted by atomic mass is 16.1. The summed E-state index contributed by atoms with van der Waals surface area (Å²) in [7, 11) is 0. The summed E-state index contributed by atoms with van der Waals surface area (Å²) in [5.74, 6) is 0.0812. The van der Waals surface area contributed by atoms with Gasteiger partial charge in [-0.05, 0) is 26.3 Å². The molecule has 0 radical (unpaired) electrons. The molecule has 0 aromatic heterocycles. The first kappa shape index (κ1) is 10.6. The van der Waals surface area contributed by atoms with Crippen molar-refractivity contribution in [3.8, 4) is 0 Å². The zero-order valence-electron chi connectivity index (χ0n) is 7.18. The van der Waals surface area contributed by atoms with E-state index < -0.39 is 0 Å². The van der Waals surface area contributed by atoms with Crippen LogP contribution in [0, 0.1) is 0 Å². The monoisotopic (exact) mass is 158 g/mol. The molecule has 11 heavy (non-hydrogen) atoms. The molecule has 0 aliphatic heterocycles. The highest BCUT2D eigenvalue weighted by molar-refractivity contribution is 5.80. The quantitative estimate of drug-likeness (QED) is 0.550. The average molecular weight is 158 g/mol. The third-order valence-corrected chi connectivity index (χ3v) is 1.74. The lowest BCUT2D eigenvalue weighted by molar-refractivity contribution is -0.118. The van der Waals surface area contributed by atoms with E-state index in [9.17, 15) is 4.79 Å². The number of carbonyl (C=O) groups excluding carboxylic acids is 1. The molecule has 0 amide bonds. The maximum atomic E-state index is 10.7. The highest BCUT2D eigenvalue weighted by Gasteiger charge is 2.05. The second-order valence-corrected chi connectivity index (χ2v) is 2.86. The van der Waals surface area contributed by atoms with Crippen molar-refractivity contribution in [2.24, 2.45) is 11.5 Å². The van der Waals surface area contributed by atoms with E-state index in [1.807, 2.05) is 0 Å². The van der Waals surface area contributed by atoms with Crippen LogP contribution in [0.1, 0.15) is 32.6 Å². The minimum atomic E-state index is -0.257. The fourth-order valence-electron chi connectivity index (χ4n) is 0.889. The van der Waals surface area contributed by atoms with Gasteiger partial charge >= 0.3 is 0 Å². The topological polar surface area (TPSA) is 69.1 Å². The summed E-state index contributed by atoms with van der Waals surface area (Å²) in [6.07, 6.45) is 3.93. The van der Waals surface area contributed by atoms with E-state index in [2.05, 4.69) is 0 Å². The summed E-state index contributed by atoms with van der Waals surface area (Å²) in [6.45, 7) is 2.27. The Bertz CT molecular complexity index is 115. The van der Waals surface area contributed by atoms with Crippen LogP contribution in [0.5, 0.6) is 0 Å². The van der Waals surface area contributed by atoms with Crippen molar-refractivity contribution >= 4 is 5.78 Å². The van der Waals surface area contributed by atoms with Gasteiger partial charge in [-0.3, -0.25) is 4.79 Å². The van der Waals surface area contributed by atoms with Gasteiger partial charge in [0.1, 0.15) is 5.78 Å². The van der Waals surface area contributed by atoms with E-state index in [-0.39, 0.29) is 11.8 Å². The second kappa shape index (κ2) is 6.31. The van der Waals surface area contributed by atoms with Crippen LogP contribution in [0.25, 0.3) is 0 Å². The fraction of sp³-hybridized carbons (Fsp3) is 0.875. The van der Waals surface area contributed by atoms with Gasteiger partial charge in [0.15, 0.2) is 0 Å². The number of hydrogen-bond donors (Lipinski definition) is 2. The summed E-state index contributed by atoms with van der Waals surface area (Å²) < 4.78 is 0. The minimum Gasteiger partial charge on any atom is -0.330 e. The summed E-state index contributed by atoms with van der Waals surface area (Å²) in [4.78, 5) is 10.7. The Morgan fingerprint density at radius 1 is 1.36 bits per heavy atom. The molecule has 0 aliphatic carbocycles. The van der Waals surface area contributed by atoms with Crippen molar-refractivity contribution in [3.05, 3.63) is 0 Å². The largest absolute Gasteiger partial charge is 0.330 e. The number of nitrogens with two attached hydrogens (primary N) is 2. The molecule has 3 nitrogen and oxygen atoms in total. The molecule has 1 atom stereocenters. The molecule has 0 fully saturated rings. The predicted octanol–water partition coefficient (Wildman–Crippen LogP) is 0.422. The van der Waals surface area contributed by atoms with Gasteiger partial charge in [-0.15, -0.1) is 0 Å². The number of unbranched alkanes of at least 4 members (excludes halogenated alkanes) is 2. The van der Waals surface area contributed by atoms with Gasteiger partial charge in [0.05, 0.1) is 6.04 Å². The van der Waals surface area contributed by atoms with Crippen molar-refractivity contribution in [1.82, 2.24) is 0 Å². The maximum absolute atomic E-state index is 10.7. The average Bonchev–Trinajstić information content (AvgIpc) is 1.97. The van der Waals surface area contributed by atoms with E-state index in [1.165, 1.54) is 6.92 Å². The lowest BCUT2D eigenvalue weighted by atomic mass is 10.1. The van der Waals surface area contributed by atoms with Gasteiger partial charge in [0.25, 0.3) is 0 Å². The first-order chi connectivity index (χ1) is 5.18. The molecule has 0 aromatic carbocycles. The molecule has 3 heteroatoms. The molecule has 4 N–H and O–H groups in total. The maximum Gasteiger partial charge on any atom is 0.146 e. The molecular weight excluding hydrogens is 140 g/mol. The number of ketones is 1. The van der Waals surface area contributed by atoms with E-state index in [0.29, 0.717) is 0 Å². The third-order valence-electron chi connectivity index (χ3n) is 1.74. The Hall–Kier alpha value is -0.410. The Morgan fingerprint density at radius 3 is 2.45 bits per heavy atom. The van der Waals surface area contributed by atoms with Crippen LogP contribution in [0.15, 0.2) is 0 Å². The van der Waals surface area contributed by atoms with Crippen LogP contribution in [0.4, 0.5) is 0 Å². The lowest BCUT2D eigenvalue weighted by Crippen LogP contribution is -2.27. The molecule has 0 saturated heterocycles. The number of carbonyl (C=O) groups is 1. The first-order valence-electron chi connectivity index (χ1n) is 4.14. The van der Waals surface area contributed by atoms with Crippen LogP contribution < -0.4 is 11.5 Å². The van der Waals surface area contributed by atoms with Crippen molar-refractivity contribution in [3.63, 3.8) is 0 Å². The molecule has 0 unspecified atom stereocenters. The molecule has 0 heterocycles. The third kappa shape index (κ3) is 6.01. The Balaban J connectivity index is 3.17. The van der Waals surface area contributed by atoms with Crippen molar-refractivity contribution in [2.45, 2.75) is 38.6 Å². The summed E-state index contributed by atoms with van der Waals surface area (Å²) >= 11 is 0. The normalized spacial score (nSPS) is 13.0. The van der Waals surface area contributed by atoms with Crippen LogP contribution >= 0.6 is 0 Å². The molecular formula is C8H18N2O. The standard InChI is InChI=1S/C8H18N2O/c1-7(11)8(10)5-3-2-4-6-9/h8H,2-6,9-10H2,1H3/t8-/m0/s1. The Kier molecular flexibility index (Phi) is 6.07. The van der Waals surface area contributed by atoms with Crippen LogP contribution in [0.3, 0.4) is 0 Å². The first-order valence-corrected chi connectivity index (χ1v) is 4.14. The predicted molar refractivity (Wildman–Crippen MR) is 46.2 cm³/mol. The molecule has 0 aromatic rings. The fourth-order valence-corrected chi connectivity index (χ4v) is 0.889. The van der Waals surface area contributed by atoms with E-state index in [4.69, 9.17) is 11.5 Å². The number of hydrogen-bond acceptors (Lipinski definition) is 3. The smallest absolute Gasteiger partial charge is 0.146 e. The number of Topliss-reactive ketones (excluding diaryl/α,β-unsaturated/α-hetero) is 1. The highest BCUT2D eigenvalue weighted by Crippen LogP contribution is 2.01. The molecule has 0 spiro atoms.